The summed E-state index contributed by atoms with van der Waals surface area (Å²) < 4.78 is 37.7. The van der Waals surface area contributed by atoms with Crippen LogP contribution in [-0.2, 0) is 20.7 Å². The Bertz CT molecular complexity index is 652. The Morgan fingerprint density at radius 2 is 2.07 bits per heavy atom. The van der Waals surface area contributed by atoms with E-state index in [2.05, 4.69) is 29.3 Å². The molecular formula is C18H25F3N2O4S. The zero-order valence-electron chi connectivity index (χ0n) is 15.8. The van der Waals surface area contributed by atoms with Gasteiger partial charge in [-0.3, -0.25) is 4.79 Å². The summed E-state index contributed by atoms with van der Waals surface area (Å²) >= 11 is 1.65. The van der Waals surface area contributed by atoms with Crippen molar-refractivity contribution < 1.29 is 32.6 Å². The van der Waals surface area contributed by atoms with Crippen LogP contribution in [0, 0.1) is 11.8 Å². The van der Waals surface area contributed by atoms with Gasteiger partial charge in [0.25, 0.3) is 0 Å². The quantitative estimate of drug-likeness (QED) is 0.807. The second kappa shape index (κ2) is 9.71. The molecule has 0 unspecified atom stereocenters. The second-order valence-electron chi connectivity index (χ2n) is 7.30. The Morgan fingerprint density at radius 1 is 1.39 bits per heavy atom. The van der Waals surface area contributed by atoms with Gasteiger partial charge in [-0.1, -0.05) is 0 Å². The number of rotatable bonds is 4. The van der Waals surface area contributed by atoms with E-state index >= 15 is 0 Å². The smallest absolute Gasteiger partial charge is 0.475 e. The standard InChI is InChI=1S/C16H24N2O2S.C2HF3O2/c1-17(2)9-15-14-8-18(5-3-13(14)10-20-15)16(19)7-12-4-6-21-11-12;3-2(4,5)1(6)7/h4,6,11,13-15H,3,5,7-10H2,1-2H3;(H,6,7)/t13-,14-,15+;/m0./s1. The number of likely N-dealkylation sites (N-methyl/N-ethyl adjacent to an activating group) is 1. The molecule has 3 rings (SSSR count). The molecule has 3 heterocycles. The molecule has 10 heteroatoms. The van der Waals surface area contributed by atoms with Crippen LogP contribution in [0.1, 0.15) is 12.0 Å². The van der Waals surface area contributed by atoms with E-state index < -0.39 is 12.1 Å². The van der Waals surface area contributed by atoms with Crippen molar-refractivity contribution in [1.82, 2.24) is 9.80 Å². The largest absolute Gasteiger partial charge is 0.490 e. The number of thiophene rings is 1. The molecule has 0 aliphatic carbocycles. The first-order valence-corrected chi connectivity index (χ1v) is 9.87. The van der Waals surface area contributed by atoms with Gasteiger partial charge in [0.2, 0.25) is 5.91 Å². The van der Waals surface area contributed by atoms with Crippen molar-refractivity contribution in [3.63, 3.8) is 0 Å². The Kier molecular flexibility index (Phi) is 7.85. The lowest BCUT2D eigenvalue weighted by molar-refractivity contribution is -0.192. The Labute approximate surface area is 165 Å². The number of hydrogen-bond donors (Lipinski definition) is 1. The number of piperidine rings is 1. The third-order valence-electron chi connectivity index (χ3n) is 4.88. The molecule has 6 nitrogen and oxygen atoms in total. The van der Waals surface area contributed by atoms with Gasteiger partial charge in [0, 0.05) is 25.6 Å². The van der Waals surface area contributed by atoms with Gasteiger partial charge in [0.1, 0.15) is 0 Å². The maximum atomic E-state index is 12.5. The van der Waals surface area contributed by atoms with E-state index in [-0.39, 0.29) is 12.0 Å². The van der Waals surface area contributed by atoms with E-state index in [1.807, 2.05) is 11.4 Å². The molecule has 1 aromatic rings. The van der Waals surface area contributed by atoms with Gasteiger partial charge in [-0.05, 0) is 48.8 Å². The van der Waals surface area contributed by atoms with E-state index in [4.69, 9.17) is 14.6 Å². The predicted molar refractivity (Wildman–Crippen MR) is 98.2 cm³/mol. The van der Waals surface area contributed by atoms with Crippen molar-refractivity contribution in [3.8, 4) is 0 Å². The fourth-order valence-corrected chi connectivity index (χ4v) is 4.15. The Balaban J connectivity index is 0.000000345. The monoisotopic (exact) mass is 422 g/mol. The molecule has 2 saturated heterocycles. The van der Waals surface area contributed by atoms with Crippen molar-refractivity contribution in [1.29, 1.82) is 0 Å². The number of halogens is 3. The van der Waals surface area contributed by atoms with Crippen LogP contribution in [-0.4, -0.2) is 79.4 Å². The van der Waals surface area contributed by atoms with Gasteiger partial charge in [-0.25, -0.2) is 4.79 Å². The lowest BCUT2D eigenvalue weighted by Gasteiger charge is -2.36. The van der Waals surface area contributed by atoms with E-state index in [9.17, 15) is 18.0 Å². The van der Waals surface area contributed by atoms with Crippen LogP contribution in [0.3, 0.4) is 0 Å². The number of carbonyl (C=O) groups excluding carboxylic acids is 1. The zero-order chi connectivity index (χ0) is 20.9. The van der Waals surface area contributed by atoms with Crippen LogP contribution in [0.15, 0.2) is 16.8 Å². The fraction of sp³-hybridized carbons (Fsp3) is 0.667. The van der Waals surface area contributed by atoms with E-state index in [0.29, 0.717) is 18.3 Å². The number of ether oxygens (including phenoxy) is 1. The average molecular weight is 422 g/mol. The highest BCUT2D eigenvalue weighted by Crippen LogP contribution is 2.34. The summed E-state index contributed by atoms with van der Waals surface area (Å²) in [7, 11) is 4.16. The van der Waals surface area contributed by atoms with Crippen LogP contribution < -0.4 is 0 Å². The molecule has 1 N–H and O–H groups in total. The highest BCUT2D eigenvalue weighted by molar-refractivity contribution is 7.08. The van der Waals surface area contributed by atoms with Crippen molar-refractivity contribution in [3.05, 3.63) is 22.4 Å². The van der Waals surface area contributed by atoms with E-state index in [0.717, 1.165) is 38.2 Å². The van der Waals surface area contributed by atoms with Gasteiger partial charge in [0.15, 0.2) is 0 Å². The maximum absolute atomic E-state index is 12.5. The van der Waals surface area contributed by atoms with Crippen LogP contribution in [0.25, 0.3) is 0 Å². The third kappa shape index (κ3) is 6.46. The molecule has 158 valence electrons. The molecule has 0 radical (unpaired) electrons. The molecule has 1 aromatic heterocycles. The topological polar surface area (TPSA) is 70.1 Å². The summed E-state index contributed by atoms with van der Waals surface area (Å²) in [6.07, 6.45) is -3.17. The number of hydrogen-bond acceptors (Lipinski definition) is 5. The van der Waals surface area contributed by atoms with Crippen LogP contribution in [0.5, 0.6) is 0 Å². The number of carboxylic acid groups (broad SMARTS) is 1. The molecule has 28 heavy (non-hydrogen) atoms. The van der Waals surface area contributed by atoms with Crippen molar-refractivity contribution in [2.45, 2.75) is 25.1 Å². The summed E-state index contributed by atoms with van der Waals surface area (Å²) in [6, 6.07) is 2.04. The second-order valence-corrected chi connectivity index (χ2v) is 8.08. The molecule has 2 fully saturated rings. The van der Waals surface area contributed by atoms with Crippen LogP contribution in [0.4, 0.5) is 13.2 Å². The first-order valence-electron chi connectivity index (χ1n) is 8.93. The molecule has 0 aromatic carbocycles. The van der Waals surface area contributed by atoms with E-state index in [1.54, 1.807) is 11.3 Å². The van der Waals surface area contributed by atoms with Gasteiger partial charge < -0.3 is 19.6 Å². The molecule has 0 bridgehead atoms. The number of carboxylic acids is 1. The lowest BCUT2D eigenvalue weighted by atomic mass is 9.84. The number of carbonyl (C=O) groups is 2. The number of aliphatic carboxylic acids is 1. The molecule has 2 aliphatic heterocycles. The summed E-state index contributed by atoms with van der Waals surface area (Å²) in [5, 5.41) is 11.2. The number of amides is 1. The fourth-order valence-electron chi connectivity index (χ4n) is 3.48. The minimum Gasteiger partial charge on any atom is -0.475 e. The molecular weight excluding hydrogens is 397 g/mol. The van der Waals surface area contributed by atoms with Gasteiger partial charge in [-0.15, -0.1) is 0 Å². The maximum Gasteiger partial charge on any atom is 0.490 e. The van der Waals surface area contributed by atoms with Crippen molar-refractivity contribution in [2.75, 3.05) is 40.3 Å². The highest BCUT2D eigenvalue weighted by Gasteiger charge is 2.42. The Hall–Kier alpha value is -1.65. The van der Waals surface area contributed by atoms with Crippen molar-refractivity contribution in [2.24, 2.45) is 11.8 Å². The number of likely N-dealkylation sites (tertiary alicyclic amines) is 1. The number of alkyl halides is 3. The third-order valence-corrected chi connectivity index (χ3v) is 5.62. The summed E-state index contributed by atoms with van der Waals surface area (Å²) in [5.41, 5.74) is 1.14. The summed E-state index contributed by atoms with van der Waals surface area (Å²) in [6.45, 7) is 3.58. The van der Waals surface area contributed by atoms with E-state index in [1.165, 1.54) is 0 Å². The first-order chi connectivity index (χ1) is 13.1. The van der Waals surface area contributed by atoms with Crippen LogP contribution in [0.2, 0.25) is 0 Å². The molecule has 3 atom stereocenters. The Morgan fingerprint density at radius 3 is 2.61 bits per heavy atom. The number of fused-ring (bicyclic) bond motifs is 1. The SMILES string of the molecule is CN(C)C[C@H]1OC[C@@H]2CCN(C(=O)Cc3ccsc3)C[C@@H]21.O=C(O)C(F)(F)F. The normalized spacial score (nSPS) is 24.5. The molecule has 2 aliphatic rings. The molecule has 0 spiro atoms. The highest BCUT2D eigenvalue weighted by atomic mass is 32.1. The van der Waals surface area contributed by atoms with Gasteiger partial charge in [0.05, 0.1) is 19.1 Å². The predicted octanol–water partition coefficient (Wildman–Crippen LogP) is 2.35. The summed E-state index contributed by atoms with van der Waals surface area (Å²) in [5.74, 6) is -1.34. The lowest BCUT2D eigenvalue weighted by Crippen LogP contribution is -2.47. The minimum absolute atomic E-state index is 0.266. The van der Waals surface area contributed by atoms with Gasteiger partial charge >= 0.3 is 12.1 Å². The summed E-state index contributed by atoms with van der Waals surface area (Å²) in [4.78, 5) is 25.6. The number of nitrogens with zero attached hydrogens (tertiary/aromatic N) is 2. The zero-order valence-corrected chi connectivity index (χ0v) is 16.6. The average Bonchev–Trinajstić information content (AvgIpc) is 3.24. The molecule has 1 amide bonds. The van der Waals surface area contributed by atoms with Crippen LogP contribution >= 0.6 is 11.3 Å². The minimum atomic E-state index is -5.08. The first kappa shape index (κ1) is 22.6. The molecule has 0 saturated carbocycles. The van der Waals surface area contributed by atoms with Gasteiger partial charge in [-0.2, -0.15) is 24.5 Å². The van der Waals surface area contributed by atoms with Crippen molar-refractivity contribution >= 4 is 23.2 Å².